The Bertz CT molecular complexity index is 634. The molecule has 2 unspecified atom stereocenters. The topological polar surface area (TPSA) is 46.2 Å². The van der Waals surface area contributed by atoms with Gasteiger partial charge in [-0.05, 0) is 37.3 Å². The van der Waals surface area contributed by atoms with E-state index in [-0.39, 0.29) is 0 Å². The minimum atomic E-state index is 0.450. The zero-order valence-corrected chi connectivity index (χ0v) is 13.2. The second kappa shape index (κ2) is 6.59. The quantitative estimate of drug-likeness (QED) is 0.881. The molecule has 1 aromatic heterocycles. The van der Waals surface area contributed by atoms with E-state index < -0.39 is 0 Å². The van der Waals surface area contributed by atoms with E-state index in [1.807, 2.05) is 18.3 Å². The molecule has 2 aliphatic heterocycles. The van der Waals surface area contributed by atoms with Crippen LogP contribution in [0.3, 0.4) is 0 Å². The zero-order chi connectivity index (χ0) is 15.5. The smallest absolute Gasteiger partial charge is 0.128 e. The van der Waals surface area contributed by atoms with E-state index in [4.69, 9.17) is 4.74 Å². The summed E-state index contributed by atoms with van der Waals surface area (Å²) >= 11 is 0. The number of ether oxygens (including phenoxy) is 1. The Morgan fingerprint density at radius 3 is 2.61 bits per heavy atom. The Kier molecular flexibility index (Phi) is 4.16. The van der Waals surface area contributed by atoms with Crippen molar-refractivity contribution in [1.82, 2.24) is 4.98 Å². The van der Waals surface area contributed by atoms with Crippen LogP contribution in [0.4, 0.5) is 11.5 Å². The van der Waals surface area contributed by atoms with Crippen molar-refractivity contribution >= 4 is 11.5 Å². The summed E-state index contributed by atoms with van der Waals surface area (Å²) in [5, 5.41) is 7.05. The summed E-state index contributed by atoms with van der Waals surface area (Å²) in [5.74, 6) is 0.953. The largest absolute Gasteiger partial charge is 0.381 e. The molecule has 2 atom stereocenters. The maximum Gasteiger partial charge on any atom is 0.128 e. The van der Waals surface area contributed by atoms with Gasteiger partial charge >= 0.3 is 0 Å². The summed E-state index contributed by atoms with van der Waals surface area (Å²) in [7, 11) is 0. The fraction of sp³-hybridized carbons (Fsp3) is 0.421. The minimum Gasteiger partial charge on any atom is -0.381 e. The van der Waals surface area contributed by atoms with Gasteiger partial charge in [0.2, 0.25) is 0 Å². The Hall–Kier alpha value is -2.07. The molecule has 2 N–H and O–H groups in total. The van der Waals surface area contributed by atoms with Crippen molar-refractivity contribution in [3.05, 3.63) is 54.2 Å². The monoisotopic (exact) mass is 309 g/mol. The highest BCUT2D eigenvalue weighted by atomic mass is 16.5. The summed E-state index contributed by atoms with van der Waals surface area (Å²) in [6, 6.07) is 15.0. The van der Waals surface area contributed by atoms with Gasteiger partial charge in [0.1, 0.15) is 5.82 Å². The van der Waals surface area contributed by atoms with Crippen molar-refractivity contribution in [2.45, 2.75) is 50.5 Å². The van der Waals surface area contributed by atoms with Gasteiger partial charge in [-0.3, -0.25) is 0 Å². The number of fused-ring (bicyclic) bond motifs is 2. The molecule has 0 saturated carbocycles. The van der Waals surface area contributed by atoms with Crippen LogP contribution in [0.1, 0.15) is 31.2 Å². The molecule has 2 fully saturated rings. The predicted molar refractivity (Wildman–Crippen MR) is 92.5 cm³/mol. The summed E-state index contributed by atoms with van der Waals surface area (Å²) < 4.78 is 5.90. The number of hydrogen-bond donors (Lipinski definition) is 2. The van der Waals surface area contributed by atoms with Crippen LogP contribution in [0.2, 0.25) is 0 Å². The molecule has 23 heavy (non-hydrogen) atoms. The van der Waals surface area contributed by atoms with Gasteiger partial charge in [0, 0.05) is 30.5 Å². The third-order valence-electron chi connectivity index (χ3n) is 4.74. The number of hydrogen-bond acceptors (Lipinski definition) is 4. The van der Waals surface area contributed by atoms with Crippen LogP contribution in [0.15, 0.2) is 48.7 Å². The van der Waals surface area contributed by atoms with Gasteiger partial charge in [-0.1, -0.05) is 30.3 Å². The van der Waals surface area contributed by atoms with Gasteiger partial charge in [0.15, 0.2) is 0 Å². The third kappa shape index (κ3) is 3.64. The summed E-state index contributed by atoms with van der Waals surface area (Å²) in [6.45, 7) is 0.825. The van der Waals surface area contributed by atoms with Gasteiger partial charge in [0.05, 0.1) is 12.2 Å². The molecule has 2 aliphatic rings. The molecule has 4 rings (SSSR count). The highest BCUT2D eigenvalue weighted by Crippen LogP contribution is 2.33. The molecule has 0 spiro atoms. The average Bonchev–Trinajstić information content (AvgIpc) is 2.93. The Morgan fingerprint density at radius 2 is 1.83 bits per heavy atom. The normalized spacial score (nSPS) is 26.0. The molecular formula is C19H23N3O. The summed E-state index contributed by atoms with van der Waals surface area (Å²) in [4.78, 5) is 4.47. The van der Waals surface area contributed by atoms with Crippen molar-refractivity contribution in [3.8, 4) is 0 Å². The molecule has 2 bridgehead atoms. The summed E-state index contributed by atoms with van der Waals surface area (Å²) in [6.07, 6.45) is 7.39. The Morgan fingerprint density at radius 1 is 1.04 bits per heavy atom. The lowest BCUT2D eigenvalue weighted by molar-refractivity contribution is 0.000657. The molecule has 3 heterocycles. The van der Waals surface area contributed by atoms with Crippen LogP contribution in [-0.2, 0) is 11.3 Å². The number of aromatic nitrogens is 1. The molecular weight excluding hydrogens is 286 g/mol. The van der Waals surface area contributed by atoms with Crippen LogP contribution in [0, 0.1) is 0 Å². The van der Waals surface area contributed by atoms with E-state index in [1.54, 1.807) is 0 Å². The number of rotatable bonds is 5. The third-order valence-corrected chi connectivity index (χ3v) is 4.74. The van der Waals surface area contributed by atoms with Gasteiger partial charge in [-0.25, -0.2) is 4.98 Å². The number of nitrogens with zero attached hydrogens (tertiary/aromatic N) is 1. The zero-order valence-electron chi connectivity index (χ0n) is 13.2. The first-order valence-electron chi connectivity index (χ1n) is 8.51. The lowest BCUT2D eigenvalue weighted by atomic mass is 10.0. The van der Waals surface area contributed by atoms with E-state index >= 15 is 0 Å². The average molecular weight is 309 g/mol. The molecule has 2 saturated heterocycles. The van der Waals surface area contributed by atoms with E-state index in [9.17, 15) is 0 Å². The first-order chi connectivity index (χ1) is 11.3. The minimum absolute atomic E-state index is 0.450. The molecule has 0 aliphatic carbocycles. The van der Waals surface area contributed by atoms with E-state index in [0.29, 0.717) is 18.2 Å². The van der Waals surface area contributed by atoms with Crippen LogP contribution >= 0.6 is 0 Å². The Labute approximate surface area is 137 Å². The second-order valence-electron chi connectivity index (χ2n) is 6.54. The van der Waals surface area contributed by atoms with Crippen LogP contribution < -0.4 is 10.6 Å². The molecule has 1 aromatic carbocycles. The lowest BCUT2D eigenvalue weighted by Crippen LogP contribution is -2.34. The van der Waals surface area contributed by atoms with Gasteiger partial charge < -0.3 is 15.4 Å². The maximum atomic E-state index is 5.90. The molecule has 2 aromatic rings. The van der Waals surface area contributed by atoms with Crippen LogP contribution in [0.25, 0.3) is 0 Å². The van der Waals surface area contributed by atoms with E-state index in [1.165, 1.54) is 18.4 Å². The maximum absolute atomic E-state index is 5.90. The van der Waals surface area contributed by atoms with Crippen molar-refractivity contribution < 1.29 is 4.74 Å². The van der Waals surface area contributed by atoms with Crippen molar-refractivity contribution in [3.63, 3.8) is 0 Å². The summed E-state index contributed by atoms with van der Waals surface area (Å²) in [5.41, 5.74) is 2.38. The molecule has 4 nitrogen and oxygen atoms in total. The fourth-order valence-electron chi connectivity index (χ4n) is 3.60. The van der Waals surface area contributed by atoms with Crippen LogP contribution in [-0.4, -0.2) is 23.2 Å². The number of benzene rings is 1. The lowest BCUT2D eigenvalue weighted by Gasteiger charge is -2.29. The number of anilines is 2. The number of pyridine rings is 1. The van der Waals surface area contributed by atoms with Crippen molar-refractivity contribution in [2.75, 3.05) is 10.6 Å². The highest BCUT2D eigenvalue weighted by molar-refractivity contribution is 5.52. The Balaban J connectivity index is 1.36. The fourth-order valence-corrected chi connectivity index (χ4v) is 3.60. The molecule has 4 heteroatoms. The number of nitrogens with one attached hydrogen (secondary N) is 2. The first-order valence-corrected chi connectivity index (χ1v) is 8.51. The van der Waals surface area contributed by atoms with E-state index in [0.717, 1.165) is 30.9 Å². The highest BCUT2D eigenvalue weighted by Gasteiger charge is 2.34. The second-order valence-corrected chi connectivity index (χ2v) is 6.54. The van der Waals surface area contributed by atoms with Gasteiger partial charge in [-0.2, -0.15) is 0 Å². The van der Waals surface area contributed by atoms with Gasteiger partial charge in [-0.15, -0.1) is 0 Å². The predicted octanol–water partition coefficient (Wildman–Crippen LogP) is 3.82. The SMILES string of the molecule is c1ccc(CNc2ccnc(NC3CC4CCC(C3)O4)c2)cc1. The standard InChI is InChI=1S/C19H23N3O/c1-2-4-14(5-3-1)13-21-15-8-9-20-19(12-15)22-16-10-17-6-7-18(11-16)23-17/h1-5,8-9,12,16-18H,6-7,10-11,13H2,(H2,20,21,22). The van der Waals surface area contributed by atoms with Crippen LogP contribution in [0.5, 0.6) is 0 Å². The first kappa shape index (κ1) is 14.5. The molecule has 0 amide bonds. The van der Waals surface area contributed by atoms with Crippen molar-refractivity contribution in [1.29, 1.82) is 0 Å². The van der Waals surface area contributed by atoms with Gasteiger partial charge in [0.25, 0.3) is 0 Å². The van der Waals surface area contributed by atoms with Crippen molar-refractivity contribution in [2.24, 2.45) is 0 Å². The molecule has 120 valence electrons. The van der Waals surface area contributed by atoms with E-state index in [2.05, 4.69) is 45.9 Å². The molecule has 0 radical (unpaired) electrons.